The second-order valence-electron chi connectivity index (χ2n) is 21.3. The zero-order chi connectivity index (χ0) is 42.1. The van der Waals surface area contributed by atoms with Gasteiger partial charge in [-0.25, -0.2) is 0 Å². The molecule has 9 aliphatic rings. The third-order valence-electron chi connectivity index (χ3n) is 18.4. The first-order chi connectivity index (χ1) is 31.7. The van der Waals surface area contributed by atoms with Crippen molar-refractivity contribution in [1.29, 1.82) is 0 Å². The minimum Gasteiger partial charge on any atom is -0.286 e. The quantitative estimate of drug-likeness (QED) is 0.126. The number of pyridine rings is 4. The molecule has 9 heterocycles. The van der Waals surface area contributed by atoms with Crippen molar-refractivity contribution in [2.75, 3.05) is 0 Å². The molecule has 336 valence electrons. The lowest BCUT2D eigenvalue weighted by Gasteiger charge is -2.51. The van der Waals surface area contributed by atoms with Crippen molar-refractivity contribution in [3.05, 3.63) is 120 Å². The number of nitrogens with zero attached hydrogens (tertiary/aromatic N) is 4. The zero-order valence-corrected chi connectivity index (χ0v) is 37.1. The molecule has 20 atom stereocenters. The lowest BCUT2D eigenvalue weighted by molar-refractivity contribution is 0.0988. The van der Waals surface area contributed by atoms with E-state index in [1.165, 1.54) is 77.0 Å². The topological polar surface area (TPSA) is 148 Å². The van der Waals surface area contributed by atoms with Crippen LogP contribution >= 0.6 is 0 Å². The van der Waals surface area contributed by atoms with Gasteiger partial charge in [-0.1, -0.05) is 62.8 Å². The van der Waals surface area contributed by atoms with Crippen LogP contribution in [0, 0.1) is 47.3 Å². The van der Waals surface area contributed by atoms with Crippen LogP contribution in [-0.4, -0.2) is 69.3 Å². The minimum atomic E-state index is -0.0162. The van der Waals surface area contributed by atoms with Gasteiger partial charge in [-0.15, -0.1) is 0 Å². The highest BCUT2D eigenvalue weighted by Crippen LogP contribution is 2.63. The highest BCUT2D eigenvalue weighted by Gasteiger charge is 2.63. The molecule has 5 saturated heterocycles. The summed E-state index contributed by atoms with van der Waals surface area (Å²) < 4.78 is 0. The molecule has 64 heavy (non-hydrogen) atoms. The molecule has 5 aliphatic heterocycles. The van der Waals surface area contributed by atoms with Crippen LogP contribution in [0.25, 0.3) is 0 Å². The van der Waals surface area contributed by atoms with E-state index in [2.05, 4.69) is 115 Å². The molecule has 0 aromatic carbocycles. The van der Waals surface area contributed by atoms with E-state index in [4.69, 9.17) is 19.9 Å². The van der Waals surface area contributed by atoms with Gasteiger partial charge in [0.1, 0.15) is 0 Å². The largest absolute Gasteiger partial charge is 0.286 e. The number of hydrogen-bond donors (Lipinski definition) is 8. The van der Waals surface area contributed by atoms with Gasteiger partial charge < -0.3 is 0 Å². The average Bonchev–Trinajstić information content (AvgIpc) is 4.10. The molecule has 0 spiro atoms. The Hall–Kier alpha value is -3.72. The van der Waals surface area contributed by atoms with Gasteiger partial charge in [0.05, 0.1) is 49.3 Å². The van der Waals surface area contributed by atoms with E-state index in [1.807, 2.05) is 24.8 Å². The number of rotatable bonds is 4. The molecule has 8 bridgehead atoms. The van der Waals surface area contributed by atoms with Crippen molar-refractivity contribution < 1.29 is 0 Å². The van der Waals surface area contributed by atoms with Crippen LogP contribution in [0.4, 0.5) is 0 Å². The highest BCUT2D eigenvalue weighted by atomic mass is 15.4. The van der Waals surface area contributed by atoms with E-state index in [0.717, 1.165) is 22.8 Å². The van der Waals surface area contributed by atoms with Crippen LogP contribution in [0.1, 0.15) is 123 Å². The molecule has 9 fully saturated rings. The first-order valence-electron chi connectivity index (χ1n) is 25.5. The zero-order valence-electron chi connectivity index (χ0n) is 37.1. The third kappa shape index (κ3) is 7.00. The standard InChI is InChI=1S/C52H68N12/c1-2-16-30-29(15-1)45-57-46(30)59-48-32-18-4-6-20-34(32)50(61-48)63-52-44-42(38-24-10-14-28-56-38)40(36-22-8-12-26-54-36)39(35-21-7-11-25-53-35)41(37-23-9-13-27-55-37)43(44)51(64-52)62-49-33-19-5-3-17-31(33)47(58-45)60-49/h7-14,21-34,39-52,57-64H,1-6,15-20H2. The second-order valence-corrected chi connectivity index (χ2v) is 21.3. The van der Waals surface area contributed by atoms with Crippen LogP contribution < -0.4 is 42.5 Å². The van der Waals surface area contributed by atoms with Crippen molar-refractivity contribution in [2.45, 2.75) is 150 Å². The van der Waals surface area contributed by atoms with Crippen molar-refractivity contribution in [3.63, 3.8) is 0 Å². The molecule has 4 aromatic heterocycles. The fraction of sp³-hybridized carbons (Fsp3) is 0.615. The van der Waals surface area contributed by atoms with E-state index in [9.17, 15) is 0 Å². The first kappa shape index (κ1) is 40.5. The molecular weight excluding hydrogens is 793 g/mol. The predicted octanol–water partition coefficient (Wildman–Crippen LogP) is 5.76. The maximum absolute atomic E-state index is 5.30. The summed E-state index contributed by atoms with van der Waals surface area (Å²) in [6, 6.07) is 26.0. The van der Waals surface area contributed by atoms with Gasteiger partial charge in [-0.3, -0.25) is 62.5 Å². The van der Waals surface area contributed by atoms with Gasteiger partial charge in [0.25, 0.3) is 0 Å². The fourth-order valence-electron chi connectivity index (χ4n) is 16.0. The molecule has 0 amide bonds. The van der Waals surface area contributed by atoms with E-state index in [1.54, 1.807) is 0 Å². The Morgan fingerprint density at radius 3 is 0.766 bits per heavy atom. The highest BCUT2D eigenvalue weighted by molar-refractivity contribution is 5.37. The number of fused-ring (bicyclic) bond motifs is 20. The molecule has 8 N–H and O–H groups in total. The number of nitrogens with one attached hydrogen (secondary N) is 8. The van der Waals surface area contributed by atoms with Gasteiger partial charge >= 0.3 is 0 Å². The SMILES string of the molecule is c1ccc(C2C(c3ccccn3)C(c3ccccn3)C3C4NC5NC(NC6NC(NC7NC(NC(N4)C3C2c2ccccn2)C2CCCCC72)C2CCCCC62)C2CCCCC52)nc1. The Morgan fingerprint density at radius 2 is 0.516 bits per heavy atom. The molecular formula is C52H68N12. The van der Waals surface area contributed by atoms with E-state index >= 15 is 0 Å². The Morgan fingerprint density at radius 1 is 0.281 bits per heavy atom. The monoisotopic (exact) mass is 861 g/mol. The number of aromatic nitrogens is 4. The maximum atomic E-state index is 5.30. The minimum absolute atomic E-state index is 0.0161. The van der Waals surface area contributed by atoms with Gasteiger partial charge in [0.2, 0.25) is 0 Å². The fourth-order valence-corrected chi connectivity index (χ4v) is 16.0. The normalized spacial score (nSPS) is 44.9. The van der Waals surface area contributed by atoms with Crippen molar-refractivity contribution >= 4 is 0 Å². The summed E-state index contributed by atoms with van der Waals surface area (Å²) in [5.41, 5.74) is 4.44. The van der Waals surface area contributed by atoms with Gasteiger partial charge in [-0.2, -0.15) is 0 Å². The molecule has 12 heteroatoms. The van der Waals surface area contributed by atoms with Crippen molar-refractivity contribution in [2.24, 2.45) is 47.3 Å². The summed E-state index contributed by atoms with van der Waals surface area (Å²) in [4.78, 5) is 21.1. The number of hydrogen-bond acceptors (Lipinski definition) is 12. The molecule has 13 rings (SSSR count). The van der Waals surface area contributed by atoms with Crippen LogP contribution in [-0.2, 0) is 0 Å². The summed E-state index contributed by atoms with van der Waals surface area (Å²) in [6.45, 7) is 0. The summed E-state index contributed by atoms with van der Waals surface area (Å²) >= 11 is 0. The molecule has 4 aromatic rings. The molecule has 12 nitrogen and oxygen atoms in total. The summed E-state index contributed by atoms with van der Waals surface area (Å²) in [7, 11) is 0. The van der Waals surface area contributed by atoms with Gasteiger partial charge in [-0.05, 0) is 123 Å². The van der Waals surface area contributed by atoms with E-state index < -0.39 is 0 Å². The Balaban J connectivity index is 0.986. The van der Waals surface area contributed by atoms with E-state index in [0.29, 0.717) is 47.8 Å². The molecule has 4 aliphatic carbocycles. The van der Waals surface area contributed by atoms with Gasteiger partial charge in [0.15, 0.2) is 0 Å². The van der Waals surface area contributed by atoms with Crippen LogP contribution in [0.5, 0.6) is 0 Å². The van der Waals surface area contributed by atoms with Crippen molar-refractivity contribution in [1.82, 2.24) is 62.5 Å². The third-order valence-corrected chi connectivity index (χ3v) is 18.4. The average molecular weight is 861 g/mol. The Labute approximate surface area is 379 Å². The van der Waals surface area contributed by atoms with E-state index in [-0.39, 0.29) is 72.5 Å². The molecule has 0 radical (unpaired) electrons. The predicted molar refractivity (Wildman–Crippen MR) is 247 cm³/mol. The first-order valence-corrected chi connectivity index (χ1v) is 25.5. The molecule has 4 saturated carbocycles. The maximum Gasteiger partial charge on any atom is 0.0635 e. The van der Waals surface area contributed by atoms with Gasteiger partial charge in [0, 0.05) is 83.1 Å². The van der Waals surface area contributed by atoms with Crippen LogP contribution in [0.15, 0.2) is 97.6 Å². The lowest BCUT2D eigenvalue weighted by Crippen LogP contribution is -2.62. The van der Waals surface area contributed by atoms with Crippen LogP contribution in [0.2, 0.25) is 0 Å². The van der Waals surface area contributed by atoms with Crippen molar-refractivity contribution in [3.8, 4) is 0 Å². The second kappa shape index (κ2) is 17.2. The summed E-state index contributed by atoms with van der Waals surface area (Å²) in [5.74, 6) is 3.84. The Kier molecular flexibility index (Phi) is 10.9. The lowest BCUT2D eigenvalue weighted by atomic mass is 9.53. The summed E-state index contributed by atoms with van der Waals surface area (Å²) in [6.07, 6.45) is 24.9. The smallest absolute Gasteiger partial charge is 0.0635 e. The summed E-state index contributed by atoms with van der Waals surface area (Å²) in [5, 5.41) is 34.9. The molecule has 20 unspecified atom stereocenters. The van der Waals surface area contributed by atoms with Crippen LogP contribution in [0.3, 0.4) is 0 Å². The Bertz CT molecular complexity index is 2030.